The van der Waals surface area contributed by atoms with Crippen LogP contribution in [0.1, 0.15) is 0 Å². The summed E-state index contributed by atoms with van der Waals surface area (Å²) in [5, 5.41) is 0. The maximum absolute atomic E-state index is 5.00. The van der Waals surface area contributed by atoms with Crippen LogP contribution in [0.25, 0.3) is 0 Å². The third-order valence-corrected chi connectivity index (χ3v) is 0. The molecule has 0 atom stereocenters. The maximum atomic E-state index is 5.00. The Morgan fingerprint density at radius 1 is 1.50 bits per heavy atom. The van der Waals surface area contributed by atoms with Crippen molar-refractivity contribution >= 4 is 39.5 Å². The first kappa shape index (κ1) is 5.11. The zero-order valence-corrected chi connectivity index (χ0v) is 4.58. The Morgan fingerprint density at radius 2 is 1.50 bits per heavy atom. The molecule has 0 N–H and O–H groups in total. The first-order chi connectivity index (χ1) is 1.73. The van der Waals surface area contributed by atoms with Crippen LogP contribution >= 0.6 is 23.2 Å². The zero-order valence-electron chi connectivity index (χ0n) is 1.91. The third-order valence-electron chi connectivity index (χ3n) is 0. The molecule has 0 bridgehead atoms. The zero-order chi connectivity index (χ0) is 3.58. The van der Waals surface area contributed by atoms with Crippen molar-refractivity contribution in [1.82, 2.24) is 0 Å². The van der Waals surface area contributed by atoms with Gasteiger partial charge >= 0.3 is 43.2 Å². The molecule has 0 aliphatic heterocycles. The Labute approximate surface area is 43.5 Å². The van der Waals surface area contributed by atoms with Gasteiger partial charge in [0.2, 0.25) is 0 Å². The summed E-state index contributed by atoms with van der Waals surface area (Å²) in [6, 6.07) is 0. The molecule has 4 heavy (non-hydrogen) atoms. The van der Waals surface area contributed by atoms with E-state index >= 15 is 0 Å². The first-order valence-electron chi connectivity index (χ1n) is 0.770. The van der Waals surface area contributed by atoms with Gasteiger partial charge in [-0.3, -0.25) is 0 Å². The quantitative estimate of drug-likeness (QED) is 0.322. The van der Waals surface area contributed by atoms with E-state index in [4.69, 9.17) is 23.2 Å². The second-order valence-electron chi connectivity index (χ2n) is 0.334. The molecule has 0 fully saturated rings. The molecule has 0 rings (SSSR count). The van der Waals surface area contributed by atoms with Crippen LogP contribution in [0, 0.1) is 0 Å². The van der Waals surface area contributed by atoms with E-state index in [0.29, 0.717) is 0 Å². The molecular formula is CHAlCl2+2. The summed E-state index contributed by atoms with van der Waals surface area (Å²) in [5.41, 5.74) is 0. The molecule has 3 heteroatoms. The van der Waals surface area contributed by atoms with Crippen molar-refractivity contribution in [2.45, 2.75) is 3.70 Å². The molecule has 0 heterocycles. The molecule has 0 aromatic rings. The van der Waals surface area contributed by atoms with Crippen LogP contribution in [0.5, 0.6) is 0 Å². The van der Waals surface area contributed by atoms with Crippen molar-refractivity contribution in [3.8, 4) is 0 Å². The number of rotatable bonds is 0. The van der Waals surface area contributed by atoms with Crippen molar-refractivity contribution in [2.75, 3.05) is 0 Å². The van der Waals surface area contributed by atoms with Crippen LogP contribution < -0.4 is 0 Å². The van der Waals surface area contributed by atoms with E-state index in [-0.39, 0.29) is 3.70 Å². The summed E-state index contributed by atoms with van der Waals surface area (Å²) < 4.78 is -0.306. The van der Waals surface area contributed by atoms with Crippen LogP contribution in [-0.2, 0) is 0 Å². The number of halogens is 2. The van der Waals surface area contributed by atoms with Crippen LogP contribution in [0.3, 0.4) is 0 Å². The van der Waals surface area contributed by atoms with Crippen molar-refractivity contribution in [2.24, 2.45) is 0 Å². The van der Waals surface area contributed by atoms with Crippen LogP contribution in [0.15, 0.2) is 0 Å². The molecule has 0 unspecified atom stereocenters. The monoisotopic (exact) mass is 110 g/mol. The van der Waals surface area contributed by atoms with Gasteiger partial charge in [-0.15, -0.1) is 0 Å². The van der Waals surface area contributed by atoms with Gasteiger partial charge in [0.25, 0.3) is 0 Å². The average molecular weight is 111 g/mol. The molecule has 0 aromatic carbocycles. The fraction of sp³-hybridized carbons (Fsp3) is 1.00. The third kappa shape index (κ3) is 11.2. The van der Waals surface area contributed by atoms with Crippen LogP contribution in [-0.4, -0.2) is 20.0 Å². The second kappa shape index (κ2) is 2.36. The normalized spacial score (nSPS) is 9.25. The molecule has 0 nitrogen and oxygen atoms in total. The first-order valence-corrected chi connectivity index (χ1v) is 2.31. The van der Waals surface area contributed by atoms with Crippen molar-refractivity contribution in [3.05, 3.63) is 0 Å². The molecule has 0 saturated heterocycles. The predicted octanol–water partition coefficient (Wildman–Crippen LogP) is 0.916. The van der Waals surface area contributed by atoms with E-state index in [2.05, 4.69) is 16.3 Å². The summed E-state index contributed by atoms with van der Waals surface area (Å²) in [7, 11) is 0. The fourth-order valence-corrected chi connectivity index (χ4v) is 0. The van der Waals surface area contributed by atoms with Gasteiger partial charge in [-0.05, 0) is 0 Å². The van der Waals surface area contributed by atoms with E-state index in [1.54, 1.807) is 0 Å². The van der Waals surface area contributed by atoms with Gasteiger partial charge in [-0.2, -0.15) is 0 Å². The van der Waals surface area contributed by atoms with Gasteiger partial charge in [0.05, 0.1) is 0 Å². The van der Waals surface area contributed by atoms with Crippen LogP contribution in [0.2, 0.25) is 0 Å². The molecule has 0 amide bonds. The van der Waals surface area contributed by atoms with Crippen molar-refractivity contribution in [1.29, 1.82) is 0 Å². The average Bonchev–Trinajstić information content (AvgIpc) is 0.811. The van der Waals surface area contributed by atoms with Gasteiger partial charge < -0.3 is 0 Å². The van der Waals surface area contributed by atoms with Crippen molar-refractivity contribution in [3.63, 3.8) is 0 Å². The summed E-state index contributed by atoms with van der Waals surface area (Å²) >= 11 is 12.2. The molecule has 0 aliphatic rings. The molecule has 0 aliphatic carbocycles. The second-order valence-corrected chi connectivity index (χ2v) is 3.01. The van der Waals surface area contributed by atoms with Gasteiger partial charge in [0.15, 0.2) is 0 Å². The number of alkyl halides is 2. The molecule has 0 spiro atoms. The molecular weight excluding hydrogens is 110 g/mol. The van der Waals surface area contributed by atoms with Crippen LogP contribution in [0.4, 0.5) is 0 Å². The van der Waals surface area contributed by atoms with E-state index in [9.17, 15) is 0 Å². The van der Waals surface area contributed by atoms with E-state index in [0.717, 1.165) is 0 Å². The predicted molar refractivity (Wildman–Crippen MR) is 21.2 cm³/mol. The van der Waals surface area contributed by atoms with Crippen molar-refractivity contribution < 1.29 is 0 Å². The summed E-state index contributed by atoms with van der Waals surface area (Å²) in [5.74, 6) is 0. The molecule has 0 radical (unpaired) electrons. The molecule has 0 aromatic heterocycles. The van der Waals surface area contributed by atoms with Gasteiger partial charge in [0, 0.05) is 0 Å². The molecule has 20 valence electrons. The van der Waals surface area contributed by atoms with E-state index in [1.807, 2.05) is 0 Å². The van der Waals surface area contributed by atoms with Gasteiger partial charge in [0.1, 0.15) is 0 Å². The Kier molecular flexibility index (Phi) is 3.01. The minimum absolute atomic E-state index is 0.306. The summed E-state index contributed by atoms with van der Waals surface area (Å²) in [4.78, 5) is 0. The fourth-order valence-electron chi connectivity index (χ4n) is 0. The molecule has 0 saturated carbocycles. The summed E-state index contributed by atoms with van der Waals surface area (Å²) in [6.07, 6.45) is 0. The van der Waals surface area contributed by atoms with Gasteiger partial charge in [-0.25, -0.2) is 0 Å². The minimum atomic E-state index is -0.306. The SMILES string of the molecule is [Al+2][CH](Cl)Cl. The van der Waals surface area contributed by atoms with E-state index < -0.39 is 0 Å². The standard InChI is InChI=1S/CHCl2.Al/c2-1-3;/h1H;/q;+2. The number of hydrogen-bond acceptors (Lipinski definition) is 0. The Balaban J connectivity index is 2.32. The summed E-state index contributed by atoms with van der Waals surface area (Å²) in [6.45, 7) is 0. The Bertz CT molecular complexity index is 10.8. The Morgan fingerprint density at radius 3 is 1.50 bits per heavy atom. The van der Waals surface area contributed by atoms with Gasteiger partial charge in [-0.1, -0.05) is 0 Å². The topological polar surface area (TPSA) is 0 Å². The Hall–Kier alpha value is 1.11. The van der Waals surface area contributed by atoms with E-state index in [1.165, 1.54) is 0 Å². The number of hydrogen-bond donors (Lipinski definition) is 0.